The summed E-state index contributed by atoms with van der Waals surface area (Å²) in [7, 11) is 1.48. The lowest BCUT2D eigenvalue weighted by Crippen LogP contribution is -2.54. The number of benzene rings is 3. The molecule has 3 aromatic carbocycles. The second-order valence-corrected chi connectivity index (χ2v) is 51.3. The Morgan fingerprint density at radius 1 is 0.344 bits per heavy atom. The smallest absolute Gasteiger partial charge is 0.340 e. The fraction of sp³-hybridized carbons (Fsp3) is 0.597. The molecular weight excluding hydrogens is 1400 g/mol. The van der Waals surface area contributed by atoms with E-state index in [4.69, 9.17) is 4.74 Å². The summed E-state index contributed by atoms with van der Waals surface area (Å²) >= 11 is 21.5. The highest BCUT2D eigenvalue weighted by Crippen LogP contribution is 2.75. The summed E-state index contributed by atoms with van der Waals surface area (Å²) < 4.78 is 3.44. The van der Waals surface area contributed by atoms with Crippen LogP contribution in [0.15, 0.2) is 82.0 Å². The quantitative estimate of drug-likeness (QED) is 0.162. The van der Waals surface area contributed by atoms with Crippen molar-refractivity contribution in [3.63, 3.8) is 0 Å². The molecule has 93 heavy (non-hydrogen) atoms. The van der Waals surface area contributed by atoms with Gasteiger partial charge in [0.05, 0.1) is 70.4 Å². The van der Waals surface area contributed by atoms with Crippen LogP contribution in [0.25, 0.3) is 0 Å². The van der Waals surface area contributed by atoms with Crippen molar-refractivity contribution in [2.75, 3.05) is 59.5 Å². The molecule has 2 N–H and O–H groups in total. The summed E-state index contributed by atoms with van der Waals surface area (Å²) in [5.74, 6) is -1.15. The number of hydrogen-bond acceptors (Lipinski definition) is 22. The summed E-state index contributed by atoms with van der Waals surface area (Å²) in [4.78, 5) is 95.6. The Morgan fingerprint density at radius 3 is 0.753 bits per heavy atom. The van der Waals surface area contributed by atoms with Crippen LogP contribution in [0.3, 0.4) is 0 Å². The van der Waals surface area contributed by atoms with Crippen molar-refractivity contribution in [3.05, 3.63) is 56.7 Å². The molecule has 0 bridgehead atoms. The van der Waals surface area contributed by atoms with Gasteiger partial charge in [-0.2, -0.15) is 10.1 Å². The third-order valence-electron chi connectivity index (χ3n) is 18.6. The van der Waals surface area contributed by atoms with Crippen LogP contribution >= 0.6 is 141 Å². The summed E-state index contributed by atoms with van der Waals surface area (Å²) in [6.07, 6.45) is 3.75. The van der Waals surface area contributed by atoms with Crippen molar-refractivity contribution < 1.29 is 39.1 Å². The fourth-order valence-corrected chi connectivity index (χ4v) is 32.5. The molecule has 0 unspecified atom stereocenters. The molecule has 10 aliphatic rings. The van der Waals surface area contributed by atoms with Gasteiger partial charge in [-0.1, -0.05) is 12.2 Å². The van der Waals surface area contributed by atoms with Crippen molar-refractivity contribution in [1.82, 2.24) is 29.7 Å². The van der Waals surface area contributed by atoms with Crippen LogP contribution in [0.1, 0.15) is 192 Å². The van der Waals surface area contributed by atoms with Crippen LogP contribution in [0.4, 0.5) is 0 Å². The molecule has 13 rings (SSSR count). The average Bonchev–Trinajstić information content (AvgIpc) is 1.65. The van der Waals surface area contributed by atoms with Crippen LogP contribution in [-0.2, 0) is 14.3 Å². The van der Waals surface area contributed by atoms with Gasteiger partial charge in [-0.3, -0.25) is 19.2 Å². The van der Waals surface area contributed by atoms with Crippen LogP contribution < -0.4 is 0 Å². The molecule has 2 fully saturated rings. The maximum atomic E-state index is 16.1. The van der Waals surface area contributed by atoms with Gasteiger partial charge in [0.1, 0.15) is 0 Å². The second-order valence-electron chi connectivity index (χ2n) is 30.2. The lowest BCUT2D eigenvalue weighted by molar-refractivity contribution is -0.186. The number of carbonyl (C=O) groups is 5. The number of hydrogen-bond donors (Lipinski definition) is 2. The lowest BCUT2D eigenvalue weighted by atomic mass is 9.83. The summed E-state index contributed by atoms with van der Waals surface area (Å²) in [5.41, 5.74) is 3.42. The van der Waals surface area contributed by atoms with E-state index in [9.17, 15) is 24.8 Å². The molecule has 502 valence electrons. The van der Waals surface area contributed by atoms with E-state index < -0.39 is 44.4 Å². The summed E-state index contributed by atoms with van der Waals surface area (Å²) in [6.45, 7) is 45.0. The highest BCUT2D eigenvalue weighted by atomic mass is 32.2. The molecule has 26 heteroatoms. The van der Waals surface area contributed by atoms with E-state index in [1.165, 1.54) is 17.2 Å². The number of nitrogens with zero attached hydrogens (tertiary/aromatic N) is 6. The molecule has 14 nitrogen and oxygen atoms in total. The number of thioether (sulfide) groups is 12. The first kappa shape index (κ1) is 70.0. The molecule has 10 aliphatic heterocycles. The first-order valence-electron chi connectivity index (χ1n) is 31.5. The topological polar surface area (TPSA) is 154 Å². The van der Waals surface area contributed by atoms with Gasteiger partial charge in [-0.05, 0) is 155 Å². The molecule has 3 aromatic rings. The maximum absolute atomic E-state index is 16.1. The number of rotatable bonds is 8. The van der Waals surface area contributed by atoms with Gasteiger partial charge in [0.15, 0.2) is 0 Å². The van der Waals surface area contributed by atoms with E-state index in [1.807, 2.05) is 158 Å². The molecule has 0 atom stereocenters. The highest BCUT2D eigenvalue weighted by Gasteiger charge is 2.56. The van der Waals surface area contributed by atoms with Gasteiger partial charge in [0, 0.05) is 128 Å². The van der Waals surface area contributed by atoms with Gasteiger partial charge in [-0.15, -0.1) is 141 Å². The zero-order valence-corrected chi connectivity index (χ0v) is 66.6. The fourth-order valence-electron chi connectivity index (χ4n) is 14.6. The van der Waals surface area contributed by atoms with E-state index in [2.05, 4.69) is 83.1 Å². The number of ether oxygens (including phenoxy) is 1. The zero-order valence-electron chi connectivity index (χ0n) is 56.8. The van der Waals surface area contributed by atoms with Gasteiger partial charge in [0.2, 0.25) is 0 Å². The Hall–Kier alpha value is -1.47. The third kappa shape index (κ3) is 11.7. The predicted octanol–water partition coefficient (Wildman–Crippen LogP) is 17.2. The third-order valence-corrected chi connectivity index (χ3v) is 35.7. The number of hydroxylamine groups is 4. The van der Waals surface area contributed by atoms with E-state index >= 15 is 9.59 Å². The molecule has 0 saturated carbocycles. The first-order chi connectivity index (χ1) is 42.8. The van der Waals surface area contributed by atoms with E-state index in [1.54, 1.807) is 70.6 Å². The number of carbonyl (C=O) groups excluding carboxylic acids is 5. The van der Waals surface area contributed by atoms with Crippen LogP contribution in [0.2, 0.25) is 0 Å². The SMILES string of the molecule is COC(=O)c1c2c(c(C(c3c4c(c(C(=O)N5CCN(C(=O)C6=CC(C)(C)N(O)C6(C)C)CC5)c5c3SC(C)(C)S5)SC(C)(C)S4)c3c4c(c(C(=O)N5CCN(C(=O)C6=CC(C)(C)N(O)C6(C)C)CC5)c5c3SC(C)(C)S5)SC(C)(C)S4)c3c1SC(C)(C)S3)SC(C)(C)S2. The second kappa shape index (κ2) is 23.0. The van der Waals surface area contributed by atoms with Crippen LogP contribution in [0, 0.1) is 0 Å². The molecule has 10 heterocycles. The van der Waals surface area contributed by atoms with Gasteiger partial charge in [-0.25, -0.2) is 4.79 Å². The maximum Gasteiger partial charge on any atom is 0.340 e. The van der Waals surface area contributed by atoms with Crippen molar-refractivity contribution in [1.29, 1.82) is 0 Å². The number of methoxy groups -OCH3 is 1. The van der Waals surface area contributed by atoms with Gasteiger partial charge in [0.25, 0.3) is 23.6 Å². The predicted molar refractivity (Wildman–Crippen MR) is 391 cm³/mol. The van der Waals surface area contributed by atoms with Crippen molar-refractivity contribution in [2.45, 2.75) is 250 Å². The number of fused-ring (bicyclic) bond motifs is 6. The largest absolute Gasteiger partial charge is 0.465 e. The Labute approximate surface area is 599 Å². The normalized spacial score (nSPS) is 25.0. The molecule has 0 aliphatic carbocycles. The highest BCUT2D eigenvalue weighted by molar-refractivity contribution is 8.23. The molecular formula is C67H84N6O8S12. The lowest BCUT2D eigenvalue weighted by Gasteiger charge is -2.39. The number of amides is 4. The van der Waals surface area contributed by atoms with Crippen molar-refractivity contribution in [2.24, 2.45) is 0 Å². The van der Waals surface area contributed by atoms with Gasteiger partial charge < -0.3 is 34.8 Å². The van der Waals surface area contributed by atoms with E-state index in [0.717, 1.165) is 86.6 Å². The monoisotopic (exact) mass is 1480 g/mol. The van der Waals surface area contributed by atoms with Crippen molar-refractivity contribution in [3.8, 4) is 0 Å². The minimum absolute atomic E-state index is 0.0403. The Morgan fingerprint density at radius 2 is 0.548 bits per heavy atom. The minimum Gasteiger partial charge on any atom is -0.465 e. The zero-order chi connectivity index (χ0) is 67.7. The number of esters is 1. The molecule has 0 aromatic heterocycles. The first-order valence-corrected chi connectivity index (χ1v) is 41.3. The standard InChI is InChI=1S/C67H84N6O8S12/c1-58(2)30-32(60(5,6)72(58)79)53(74)68-22-26-70(27-23-68)55(76)38-47-41(82-62(9,10)88-47)35(42-48(38)89-63(11,12)83-42)34(37-45-51(92-66(17,18)86-45)40(57(78)81-21)52-46(37)87-67(19,20)93-52)36-43-49(90-64(13,14)84-43)39(50-44(36)85-65(15,16)91-50)56(77)71-28-24-69(25-29-71)54(75)33-31-59(3,4)73(80)61(33,7)8/h30-31,34,79-80H,22-29H2,1-21H3. The molecule has 2 saturated heterocycles. The Bertz CT molecular complexity index is 3600. The number of piperazine rings is 2. The summed E-state index contributed by atoms with van der Waals surface area (Å²) in [5, 5.41) is 24.9. The Kier molecular flexibility index (Phi) is 17.3. The van der Waals surface area contributed by atoms with E-state index in [0.29, 0.717) is 69.1 Å². The molecule has 4 amide bonds. The molecule has 0 spiro atoms. The van der Waals surface area contributed by atoms with Crippen LogP contribution in [-0.4, -0.2) is 176 Å². The minimum atomic E-state index is -0.890. The molecule has 0 radical (unpaired) electrons. The van der Waals surface area contributed by atoms with Gasteiger partial charge >= 0.3 is 5.97 Å². The van der Waals surface area contributed by atoms with Crippen molar-refractivity contribution >= 4 is 171 Å². The Balaban J connectivity index is 1.02. The summed E-state index contributed by atoms with van der Waals surface area (Å²) in [6, 6.07) is 0. The van der Waals surface area contributed by atoms with E-state index in [-0.39, 0.29) is 37.8 Å². The average molecular weight is 1490 g/mol. The van der Waals surface area contributed by atoms with Crippen LogP contribution in [0.5, 0.6) is 0 Å².